The highest BCUT2D eigenvalue weighted by atomic mass is 16.5. The summed E-state index contributed by atoms with van der Waals surface area (Å²) in [5.74, 6) is 1.71. The zero-order chi connectivity index (χ0) is 14.4. The van der Waals surface area contributed by atoms with Gasteiger partial charge in [-0.15, -0.1) is 0 Å². The average molecular weight is 276 g/mol. The van der Waals surface area contributed by atoms with E-state index < -0.39 is 0 Å². The molecule has 7 heteroatoms. The van der Waals surface area contributed by atoms with E-state index in [1.54, 1.807) is 24.1 Å². The molecule has 7 nitrogen and oxygen atoms in total. The van der Waals surface area contributed by atoms with Crippen LogP contribution < -0.4 is 15.2 Å². The summed E-state index contributed by atoms with van der Waals surface area (Å²) in [7, 11) is 1.59. The van der Waals surface area contributed by atoms with Gasteiger partial charge < -0.3 is 25.0 Å². The van der Waals surface area contributed by atoms with Crippen molar-refractivity contribution in [3.8, 4) is 11.5 Å². The fourth-order valence-electron chi connectivity index (χ4n) is 1.76. The predicted molar refractivity (Wildman–Crippen MR) is 73.2 cm³/mol. The van der Waals surface area contributed by atoms with Crippen LogP contribution in [-0.4, -0.2) is 34.3 Å². The van der Waals surface area contributed by atoms with Gasteiger partial charge in [-0.1, -0.05) is 17.3 Å². The molecule has 0 bridgehead atoms. The van der Waals surface area contributed by atoms with Crippen LogP contribution in [0.3, 0.4) is 0 Å². The first-order valence-electron chi connectivity index (χ1n) is 6.01. The van der Waals surface area contributed by atoms with E-state index in [2.05, 4.69) is 10.1 Å². The van der Waals surface area contributed by atoms with Gasteiger partial charge in [0.25, 0.3) is 0 Å². The maximum Gasteiger partial charge on any atom is 0.206 e. The zero-order valence-corrected chi connectivity index (χ0v) is 11.1. The maximum absolute atomic E-state index is 8.66. The number of amidine groups is 1. The number of nitrogens with two attached hydrogens (primary N) is 1. The molecular formula is C13H16N4O3. The summed E-state index contributed by atoms with van der Waals surface area (Å²) in [5, 5.41) is 11.6. The number of imidazole rings is 1. The molecule has 0 spiro atoms. The Labute approximate surface area is 116 Å². The SMILES string of the molecule is COc1ccccc1OCCn1ccnc1/C(N)=N/O. The van der Waals surface area contributed by atoms with Gasteiger partial charge >= 0.3 is 0 Å². The van der Waals surface area contributed by atoms with Gasteiger partial charge in [0.1, 0.15) is 6.61 Å². The summed E-state index contributed by atoms with van der Waals surface area (Å²) in [4.78, 5) is 4.01. The summed E-state index contributed by atoms with van der Waals surface area (Å²) >= 11 is 0. The summed E-state index contributed by atoms with van der Waals surface area (Å²) in [5.41, 5.74) is 5.52. The molecule has 0 amide bonds. The van der Waals surface area contributed by atoms with Crippen LogP contribution >= 0.6 is 0 Å². The fourth-order valence-corrected chi connectivity index (χ4v) is 1.76. The Kier molecular flexibility index (Phi) is 4.43. The highest BCUT2D eigenvalue weighted by molar-refractivity contribution is 5.93. The van der Waals surface area contributed by atoms with Gasteiger partial charge in [0.05, 0.1) is 13.7 Å². The number of aromatic nitrogens is 2. The molecule has 20 heavy (non-hydrogen) atoms. The van der Waals surface area contributed by atoms with Crippen molar-refractivity contribution in [1.82, 2.24) is 9.55 Å². The lowest BCUT2D eigenvalue weighted by atomic mass is 10.3. The van der Waals surface area contributed by atoms with E-state index in [1.807, 2.05) is 24.3 Å². The number of nitrogens with zero attached hydrogens (tertiary/aromatic N) is 3. The van der Waals surface area contributed by atoms with E-state index in [0.29, 0.717) is 30.5 Å². The number of ether oxygens (including phenoxy) is 2. The number of rotatable bonds is 6. The molecule has 0 aliphatic heterocycles. The van der Waals surface area contributed by atoms with Crippen LogP contribution in [0.5, 0.6) is 11.5 Å². The summed E-state index contributed by atoms with van der Waals surface area (Å²) in [6.07, 6.45) is 3.31. The Balaban J connectivity index is 1.98. The van der Waals surface area contributed by atoms with Gasteiger partial charge in [0.2, 0.25) is 5.84 Å². The van der Waals surface area contributed by atoms with Crippen molar-refractivity contribution >= 4 is 5.84 Å². The highest BCUT2D eigenvalue weighted by Gasteiger charge is 2.08. The van der Waals surface area contributed by atoms with Gasteiger partial charge in [0, 0.05) is 12.4 Å². The van der Waals surface area contributed by atoms with Crippen molar-refractivity contribution in [2.75, 3.05) is 13.7 Å². The zero-order valence-electron chi connectivity index (χ0n) is 11.1. The number of hydrogen-bond acceptors (Lipinski definition) is 5. The van der Waals surface area contributed by atoms with Crippen LogP contribution in [0.2, 0.25) is 0 Å². The van der Waals surface area contributed by atoms with Crippen molar-refractivity contribution in [1.29, 1.82) is 0 Å². The smallest absolute Gasteiger partial charge is 0.206 e. The molecule has 0 radical (unpaired) electrons. The molecule has 2 rings (SSSR count). The van der Waals surface area contributed by atoms with E-state index in [9.17, 15) is 0 Å². The molecule has 0 aliphatic carbocycles. The third-order valence-corrected chi connectivity index (χ3v) is 2.71. The Morgan fingerprint density at radius 2 is 2.15 bits per heavy atom. The monoisotopic (exact) mass is 276 g/mol. The molecule has 1 aromatic carbocycles. The standard InChI is InChI=1S/C13H16N4O3/c1-19-10-4-2-3-5-11(10)20-9-8-17-7-6-15-13(17)12(14)16-18/h2-7,18H,8-9H2,1H3,(H2,14,16). The number of oxime groups is 1. The number of hydrogen-bond donors (Lipinski definition) is 2. The molecule has 106 valence electrons. The Morgan fingerprint density at radius 1 is 1.40 bits per heavy atom. The van der Waals surface area contributed by atoms with Crippen molar-refractivity contribution in [2.24, 2.45) is 10.9 Å². The van der Waals surface area contributed by atoms with Crippen LogP contribution in [0.25, 0.3) is 0 Å². The molecule has 0 saturated heterocycles. The van der Waals surface area contributed by atoms with Crippen LogP contribution in [0.15, 0.2) is 41.8 Å². The molecule has 1 aromatic heterocycles. The minimum Gasteiger partial charge on any atom is -0.493 e. The first kappa shape index (κ1) is 13.7. The van der Waals surface area contributed by atoms with Crippen molar-refractivity contribution in [3.05, 3.63) is 42.5 Å². The Morgan fingerprint density at radius 3 is 2.85 bits per heavy atom. The normalized spacial score (nSPS) is 11.3. The summed E-state index contributed by atoms with van der Waals surface area (Å²) in [6, 6.07) is 7.40. The minimum atomic E-state index is -0.0349. The molecule has 0 fully saturated rings. The van der Waals surface area contributed by atoms with E-state index in [0.717, 1.165) is 0 Å². The fraction of sp³-hybridized carbons (Fsp3) is 0.231. The second-order valence-electron chi connectivity index (χ2n) is 3.93. The van der Waals surface area contributed by atoms with E-state index in [4.69, 9.17) is 20.4 Å². The molecule has 0 saturated carbocycles. The Hall–Kier alpha value is -2.70. The molecule has 2 aromatic rings. The van der Waals surface area contributed by atoms with Crippen LogP contribution in [0, 0.1) is 0 Å². The predicted octanol–water partition coefficient (Wildman–Crippen LogP) is 1.07. The van der Waals surface area contributed by atoms with E-state index >= 15 is 0 Å². The molecule has 0 unspecified atom stereocenters. The first-order chi connectivity index (χ1) is 9.76. The lowest BCUT2D eigenvalue weighted by molar-refractivity contribution is 0.279. The number of para-hydroxylation sites is 2. The van der Waals surface area contributed by atoms with Crippen molar-refractivity contribution < 1.29 is 14.7 Å². The topological polar surface area (TPSA) is 94.9 Å². The maximum atomic E-state index is 8.66. The van der Waals surface area contributed by atoms with Crippen molar-refractivity contribution in [3.63, 3.8) is 0 Å². The first-order valence-corrected chi connectivity index (χ1v) is 6.01. The van der Waals surface area contributed by atoms with Gasteiger partial charge in [0.15, 0.2) is 17.3 Å². The quantitative estimate of drug-likeness (QED) is 0.356. The summed E-state index contributed by atoms with van der Waals surface area (Å²) < 4.78 is 12.6. The summed E-state index contributed by atoms with van der Waals surface area (Å²) in [6.45, 7) is 0.923. The second kappa shape index (κ2) is 6.46. The average Bonchev–Trinajstić information content (AvgIpc) is 2.95. The third kappa shape index (κ3) is 3.00. The Bertz CT molecular complexity index is 595. The van der Waals surface area contributed by atoms with Crippen LogP contribution in [-0.2, 0) is 6.54 Å². The molecule has 0 atom stereocenters. The molecular weight excluding hydrogens is 260 g/mol. The van der Waals surface area contributed by atoms with E-state index in [1.165, 1.54) is 0 Å². The lowest BCUT2D eigenvalue weighted by Crippen LogP contribution is -2.21. The largest absolute Gasteiger partial charge is 0.493 e. The number of benzene rings is 1. The molecule has 0 aliphatic rings. The minimum absolute atomic E-state index is 0.0349. The second-order valence-corrected chi connectivity index (χ2v) is 3.93. The molecule has 3 N–H and O–H groups in total. The van der Waals surface area contributed by atoms with Gasteiger partial charge in [-0.3, -0.25) is 0 Å². The van der Waals surface area contributed by atoms with E-state index in [-0.39, 0.29) is 5.84 Å². The third-order valence-electron chi connectivity index (χ3n) is 2.71. The van der Waals surface area contributed by atoms with Gasteiger partial charge in [-0.25, -0.2) is 4.98 Å². The van der Waals surface area contributed by atoms with Gasteiger partial charge in [-0.05, 0) is 12.1 Å². The van der Waals surface area contributed by atoms with Crippen LogP contribution in [0.1, 0.15) is 5.82 Å². The molecule has 1 heterocycles. The lowest BCUT2D eigenvalue weighted by Gasteiger charge is -2.11. The van der Waals surface area contributed by atoms with Gasteiger partial charge in [-0.2, -0.15) is 0 Å². The number of methoxy groups -OCH3 is 1. The van der Waals surface area contributed by atoms with Crippen LogP contribution in [0.4, 0.5) is 0 Å². The van der Waals surface area contributed by atoms with Crippen molar-refractivity contribution in [2.45, 2.75) is 6.54 Å². The highest BCUT2D eigenvalue weighted by Crippen LogP contribution is 2.25.